The Bertz CT molecular complexity index is 337. The second kappa shape index (κ2) is 3.42. The highest BCUT2D eigenvalue weighted by Gasteiger charge is 2.22. The molecule has 13 heavy (non-hydrogen) atoms. The molecule has 3 heteroatoms. The number of rotatable bonds is 1. The lowest BCUT2D eigenvalue weighted by Crippen LogP contribution is -2.18. The van der Waals surface area contributed by atoms with Crippen molar-refractivity contribution in [3.05, 3.63) is 35.4 Å². The van der Waals surface area contributed by atoms with Crippen molar-refractivity contribution in [2.75, 3.05) is 5.75 Å². The summed E-state index contributed by atoms with van der Waals surface area (Å²) in [7, 11) is 0. The highest BCUT2D eigenvalue weighted by atomic mass is 32.2. The van der Waals surface area contributed by atoms with Crippen LogP contribution in [0.1, 0.15) is 16.5 Å². The van der Waals surface area contributed by atoms with E-state index in [9.17, 15) is 4.79 Å². The molecular formula is C10H11NOS. The normalized spacial score (nSPS) is 21.6. The molecule has 1 unspecified atom stereocenters. The molecule has 1 aromatic rings. The maximum atomic E-state index is 11.0. The molecular weight excluding hydrogens is 182 g/mol. The Morgan fingerprint density at radius 2 is 2.38 bits per heavy atom. The number of benzene rings is 1. The lowest BCUT2D eigenvalue weighted by Gasteiger charge is -2.09. The van der Waals surface area contributed by atoms with E-state index in [-0.39, 0.29) is 11.3 Å². The van der Waals surface area contributed by atoms with Crippen molar-refractivity contribution in [1.82, 2.24) is 5.32 Å². The zero-order valence-corrected chi connectivity index (χ0v) is 8.23. The molecule has 1 saturated heterocycles. The predicted octanol–water partition coefficient (Wildman–Crippen LogP) is 1.86. The maximum absolute atomic E-state index is 11.0. The summed E-state index contributed by atoms with van der Waals surface area (Å²) in [5, 5.41) is 3.08. The number of hydrogen-bond acceptors (Lipinski definition) is 2. The Kier molecular flexibility index (Phi) is 2.27. The fraction of sp³-hybridized carbons (Fsp3) is 0.300. The summed E-state index contributed by atoms with van der Waals surface area (Å²) < 4.78 is 0. The second-order valence-electron chi connectivity index (χ2n) is 3.17. The van der Waals surface area contributed by atoms with Gasteiger partial charge in [-0.05, 0) is 12.5 Å². The number of aryl methyl sites for hydroxylation is 1. The molecule has 0 radical (unpaired) electrons. The van der Waals surface area contributed by atoms with Crippen LogP contribution in [0.2, 0.25) is 0 Å². The molecule has 0 spiro atoms. The lowest BCUT2D eigenvalue weighted by molar-refractivity contribution is -0.118. The first kappa shape index (κ1) is 8.63. The van der Waals surface area contributed by atoms with E-state index < -0.39 is 0 Å². The second-order valence-corrected chi connectivity index (χ2v) is 4.27. The van der Waals surface area contributed by atoms with Gasteiger partial charge in [0, 0.05) is 0 Å². The standard InChI is InChI=1S/C10H11NOS/c1-7-3-2-4-8(5-7)10-11-9(12)6-13-10/h2-5,10H,6H2,1H3,(H,11,12). The highest BCUT2D eigenvalue weighted by molar-refractivity contribution is 8.00. The molecule has 1 aliphatic rings. The van der Waals surface area contributed by atoms with Gasteiger partial charge in [0.1, 0.15) is 5.37 Å². The molecule has 1 heterocycles. The molecule has 2 rings (SSSR count). The van der Waals surface area contributed by atoms with Crippen LogP contribution in [0, 0.1) is 6.92 Å². The van der Waals surface area contributed by atoms with Crippen molar-refractivity contribution in [3.8, 4) is 0 Å². The fourth-order valence-corrected chi connectivity index (χ4v) is 2.36. The van der Waals surface area contributed by atoms with Crippen LogP contribution in [-0.4, -0.2) is 11.7 Å². The molecule has 1 fully saturated rings. The van der Waals surface area contributed by atoms with Crippen molar-refractivity contribution < 1.29 is 4.79 Å². The van der Waals surface area contributed by atoms with Crippen LogP contribution < -0.4 is 5.32 Å². The van der Waals surface area contributed by atoms with Crippen LogP contribution in [0.15, 0.2) is 24.3 Å². The van der Waals surface area contributed by atoms with E-state index in [1.807, 2.05) is 6.07 Å². The van der Waals surface area contributed by atoms with Crippen LogP contribution in [-0.2, 0) is 4.79 Å². The monoisotopic (exact) mass is 193 g/mol. The third-order valence-corrected chi connectivity index (χ3v) is 3.17. The van der Waals surface area contributed by atoms with Crippen LogP contribution in [0.4, 0.5) is 0 Å². The first-order chi connectivity index (χ1) is 6.25. The minimum absolute atomic E-state index is 0.136. The van der Waals surface area contributed by atoms with Crippen molar-refractivity contribution in [2.24, 2.45) is 0 Å². The molecule has 0 bridgehead atoms. The van der Waals surface area contributed by atoms with Crippen LogP contribution >= 0.6 is 11.8 Å². The van der Waals surface area contributed by atoms with E-state index in [2.05, 4.69) is 30.4 Å². The Morgan fingerprint density at radius 1 is 1.54 bits per heavy atom. The van der Waals surface area contributed by atoms with Gasteiger partial charge in [-0.2, -0.15) is 0 Å². The van der Waals surface area contributed by atoms with Gasteiger partial charge in [0.2, 0.25) is 5.91 Å². The maximum Gasteiger partial charge on any atom is 0.231 e. The zero-order chi connectivity index (χ0) is 9.26. The van der Waals surface area contributed by atoms with E-state index in [0.29, 0.717) is 5.75 Å². The summed E-state index contributed by atoms with van der Waals surface area (Å²) >= 11 is 1.65. The Labute approximate surface area is 81.7 Å². The minimum Gasteiger partial charge on any atom is -0.339 e. The van der Waals surface area contributed by atoms with Crippen LogP contribution in [0.3, 0.4) is 0 Å². The van der Waals surface area contributed by atoms with E-state index >= 15 is 0 Å². The molecule has 0 saturated carbocycles. The van der Waals surface area contributed by atoms with E-state index in [1.165, 1.54) is 11.1 Å². The first-order valence-corrected chi connectivity index (χ1v) is 5.28. The summed E-state index contributed by atoms with van der Waals surface area (Å²) in [5.41, 5.74) is 2.43. The summed E-state index contributed by atoms with van der Waals surface area (Å²) in [6.07, 6.45) is 0. The average molecular weight is 193 g/mol. The Hall–Kier alpha value is -0.960. The van der Waals surface area contributed by atoms with Crippen molar-refractivity contribution in [2.45, 2.75) is 12.3 Å². The van der Waals surface area contributed by atoms with Gasteiger partial charge >= 0.3 is 0 Å². The number of nitrogens with one attached hydrogen (secondary N) is 1. The van der Waals surface area contributed by atoms with Crippen molar-refractivity contribution >= 4 is 17.7 Å². The summed E-state index contributed by atoms with van der Waals surface area (Å²) in [4.78, 5) is 11.0. The molecule has 1 aromatic carbocycles. The SMILES string of the molecule is Cc1cccc(C2NC(=O)CS2)c1. The predicted molar refractivity (Wildman–Crippen MR) is 54.5 cm³/mol. The van der Waals surface area contributed by atoms with Gasteiger partial charge in [-0.15, -0.1) is 11.8 Å². The zero-order valence-electron chi connectivity index (χ0n) is 7.41. The third kappa shape index (κ3) is 1.86. The smallest absolute Gasteiger partial charge is 0.231 e. The third-order valence-electron chi connectivity index (χ3n) is 2.02. The summed E-state index contributed by atoms with van der Waals surface area (Å²) in [5.74, 6) is 0.718. The first-order valence-electron chi connectivity index (χ1n) is 4.23. The van der Waals surface area contributed by atoms with Gasteiger partial charge in [-0.3, -0.25) is 4.79 Å². The molecule has 1 amide bonds. The molecule has 2 nitrogen and oxygen atoms in total. The highest BCUT2D eigenvalue weighted by Crippen LogP contribution is 2.30. The number of amides is 1. The van der Waals surface area contributed by atoms with Crippen molar-refractivity contribution in [1.29, 1.82) is 0 Å². The largest absolute Gasteiger partial charge is 0.339 e. The van der Waals surface area contributed by atoms with Crippen LogP contribution in [0.5, 0.6) is 0 Å². The molecule has 1 aliphatic heterocycles. The molecule has 1 atom stereocenters. The van der Waals surface area contributed by atoms with E-state index in [1.54, 1.807) is 11.8 Å². The number of carbonyl (C=O) groups is 1. The van der Waals surface area contributed by atoms with Gasteiger partial charge in [0.25, 0.3) is 0 Å². The number of thioether (sulfide) groups is 1. The van der Waals surface area contributed by atoms with Gasteiger partial charge < -0.3 is 5.32 Å². The van der Waals surface area contributed by atoms with Gasteiger partial charge in [0.15, 0.2) is 0 Å². The summed E-state index contributed by atoms with van der Waals surface area (Å²) in [6.45, 7) is 2.06. The number of carbonyl (C=O) groups excluding carboxylic acids is 1. The van der Waals surface area contributed by atoms with Gasteiger partial charge in [-0.1, -0.05) is 29.8 Å². The number of hydrogen-bond donors (Lipinski definition) is 1. The molecule has 0 aliphatic carbocycles. The molecule has 0 aromatic heterocycles. The fourth-order valence-electron chi connectivity index (χ4n) is 1.40. The lowest BCUT2D eigenvalue weighted by atomic mass is 10.1. The van der Waals surface area contributed by atoms with Gasteiger partial charge in [-0.25, -0.2) is 0 Å². The quantitative estimate of drug-likeness (QED) is 0.737. The van der Waals surface area contributed by atoms with Crippen molar-refractivity contribution in [3.63, 3.8) is 0 Å². The van der Waals surface area contributed by atoms with E-state index in [4.69, 9.17) is 0 Å². The Balaban J connectivity index is 2.21. The van der Waals surface area contributed by atoms with Crippen LogP contribution in [0.25, 0.3) is 0 Å². The minimum atomic E-state index is 0.136. The average Bonchev–Trinajstić information content (AvgIpc) is 2.52. The topological polar surface area (TPSA) is 29.1 Å². The summed E-state index contributed by atoms with van der Waals surface area (Å²) in [6, 6.07) is 8.25. The Morgan fingerprint density at radius 3 is 3.00 bits per heavy atom. The van der Waals surface area contributed by atoms with Gasteiger partial charge in [0.05, 0.1) is 5.75 Å². The van der Waals surface area contributed by atoms with E-state index in [0.717, 1.165) is 0 Å². The molecule has 68 valence electrons. The molecule has 1 N–H and O–H groups in total.